The quantitative estimate of drug-likeness (QED) is 0.663. The number of aliphatic carboxylic acids is 1. The minimum Gasteiger partial charge on any atom is -0.481 e. The van der Waals surface area contributed by atoms with E-state index in [0.29, 0.717) is 0 Å². The van der Waals surface area contributed by atoms with Crippen LogP contribution in [0.1, 0.15) is 37.8 Å². The predicted molar refractivity (Wildman–Crippen MR) is 124 cm³/mol. The number of fused-ring (bicyclic) bond motifs is 3. The highest BCUT2D eigenvalue weighted by molar-refractivity contribution is 5.88. The number of nitrogens with one attached hydrogen (secondary N) is 1. The normalized spacial score (nSPS) is 19.6. The van der Waals surface area contributed by atoms with Crippen LogP contribution in [0, 0.1) is 11.3 Å². The fourth-order valence-corrected chi connectivity index (χ4v) is 4.80. The van der Waals surface area contributed by atoms with Crippen molar-refractivity contribution in [1.29, 1.82) is 0 Å². The highest BCUT2D eigenvalue weighted by atomic mass is 19.3. The van der Waals surface area contributed by atoms with E-state index < -0.39 is 54.4 Å². The summed E-state index contributed by atoms with van der Waals surface area (Å²) < 4.78 is 33.8. The first-order chi connectivity index (χ1) is 16.4. The molecule has 0 saturated carbocycles. The highest BCUT2D eigenvalue weighted by Gasteiger charge is 2.55. The largest absolute Gasteiger partial charge is 0.481 e. The number of carboxylic acids is 1. The number of carboxylic acid groups (broad SMARTS) is 1. The van der Waals surface area contributed by atoms with Crippen molar-refractivity contribution >= 4 is 18.0 Å². The van der Waals surface area contributed by atoms with E-state index in [9.17, 15) is 23.2 Å². The molecule has 1 aliphatic carbocycles. The average molecular weight is 487 g/mol. The van der Waals surface area contributed by atoms with E-state index in [1.807, 2.05) is 48.5 Å². The Hall–Kier alpha value is -3.49. The van der Waals surface area contributed by atoms with E-state index in [2.05, 4.69) is 5.32 Å². The Morgan fingerprint density at radius 1 is 1.09 bits per heavy atom. The van der Waals surface area contributed by atoms with Crippen LogP contribution in [-0.2, 0) is 14.3 Å². The molecule has 186 valence electrons. The number of likely N-dealkylation sites (tertiary alicyclic amines) is 1. The van der Waals surface area contributed by atoms with Gasteiger partial charge in [0.15, 0.2) is 0 Å². The molecule has 1 fully saturated rings. The third-order valence-electron chi connectivity index (χ3n) is 6.64. The molecule has 0 radical (unpaired) electrons. The van der Waals surface area contributed by atoms with Gasteiger partial charge in [-0.3, -0.25) is 9.59 Å². The number of carbonyl (C=O) groups is 3. The molecule has 4 rings (SSSR count). The van der Waals surface area contributed by atoms with Crippen LogP contribution < -0.4 is 5.32 Å². The van der Waals surface area contributed by atoms with E-state index in [-0.39, 0.29) is 12.5 Å². The van der Waals surface area contributed by atoms with Crippen LogP contribution in [0.3, 0.4) is 0 Å². The molecule has 2 N–H and O–H groups in total. The van der Waals surface area contributed by atoms with Crippen LogP contribution in [-0.4, -0.2) is 59.6 Å². The zero-order valence-electron chi connectivity index (χ0n) is 19.8. The first kappa shape index (κ1) is 24.6. The van der Waals surface area contributed by atoms with Crippen molar-refractivity contribution in [3.63, 3.8) is 0 Å². The molecule has 0 spiro atoms. The second kappa shape index (κ2) is 8.94. The van der Waals surface area contributed by atoms with Crippen LogP contribution in [0.2, 0.25) is 0 Å². The van der Waals surface area contributed by atoms with Gasteiger partial charge in [0, 0.05) is 12.5 Å². The summed E-state index contributed by atoms with van der Waals surface area (Å²) in [7, 11) is 0. The van der Waals surface area contributed by atoms with E-state index >= 15 is 0 Å². The monoisotopic (exact) mass is 486 g/mol. The van der Waals surface area contributed by atoms with Gasteiger partial charge in [0.25, 0.3) is 5.92 Å². The van der Waals surface area contributed by atoms with Crippen molar-refractivity contribution in [2.24, 2.45) is 11.3 Å². The lowest BCUT2D eigenvalue weighted by Crippen LogP contribution is -2.54. The first-order valence-corrected chi connectivity index (χ1v) is 11.4. The van der Waals surface area contributed by atoms with Gasteiger partial charge in [-0.05, 0) is 27.7 Å². The summed E-state index contributed by atoms with van der Waals surface area (Å²) in [5.41, 5.74) is 3.37. The van der Waals surface area contributed by atoms with Crippen molar-refractivity contribution in [2.75, 3.05) is 19.7 Å². The van der Waals surface area contributed by atoms with Crippen LogP contribution in [0.15, 0.2) is 48.5 Å². The molecule has 1 heterocycles. The smallest absolute Gasteiger partial charge is 0.407 e. The van der Waals surface area contributed by atoms with E-state index in [1.165, 1.54) is 0 Å². The fraction of sp³-hybridized carbons (Fsp3) is 0.423. The number of rotatable bonds is 5. The van der Waals surface area contributed by atoms with Crippen molar-refractivity contribution < 1.29 is 33.0 Å². The maximum atomic E-state index is 14.1. The minimum absolute atomic E-state index is 0.0355. The molecule has 1 saturated heterocycles. The zero-order valence-corrected chi connectivity index (χ0v) is 19.8. The minimum atomic E-state index is -3.55. The van der Waals surface area contributed by atoms with Gasteiger partial charge in [-0.15, -0.1) is 0 Å². The van der Waals surface area contributed by atoms with Gasteiger partial charge in [-0.25, -0.2) is 13.6 Å². The molecule has 2 aromatic rings. The molecule has 7 nitrogen and oxygen atoms in total. The van der Waals surface area contributed by atoms with Crippen LogP contribution in [0.25, 0.3) is 11.1 Å². The molecular formula is C26H28F2N2O5. The first-order valence-electron chi connectivity index (χ1n) is 11.4. The van der Waals surface area contributed by atoms with Gasteiger partial charge in [0.1, 0.15) is 18.6 Å². The van der Waals surface area contributed by atoms with Crippen molar-refractivity contribution in [3.05, 3.63) is 59.7 Å². The Labute approximate surface area is 202 Å². The second-order valence-electron chi connectivity index (χ2n) is 10.1. The Morgan fingerprint density at radius 2 is 1.63 bits per heavy atom. The van der Waals surface area contributed by atoms with Gasteiger partial charge in [-0.2, -0.15) is 0 Å². The molecule has 1 unspecified atom stereocenters. The summed E-state index contributed by atoms with van der Waals surface area (Å²) in [6.07, 6.45) is -0.846. The van der Waals surface area contributed by atoms with Crippen LogP contribution in [0.4, 0.5) is 13.6 Å². The lowest BCUT2D eigenvalue weighted by Gasteiger charge is -2.33. The molecule has 1 aliphatic heterocycles. The fourth-order valence-electron chi connectivity index (χ4n) is 4.80. The van der Waals surface area contributed by atoms with Crippen molar-refractivity contribution in [1.82, 2.24) is 10.2 Å². The molecule has 2 aliphatic rings. The average Bonchev–Trinajstić information content (AvgIpc) is 3.29. The summed E-state index contributed by atoms with van der Waals surface area (Å²) in [5.74, 6) is -8.14. The third-order valence-corrected chi connectivity index (χ3v) is 6.64. The number of hydrogen-bond acceptors (Lipinski definition) is 4. The number of alkyl carbamates (subject to hydrolysis) is 1. The van der Waals surface area contributed by atoms with Gasteiger partial charge in [-0.1, -0.05) is 69.3 Å². The number of alkyl halides is 2. The van der Waals surface area contributed by atoms with Crippen LogP contribution in [0.5, 0.6) is 0 Å². The van der Waals surface area contributed by atoms with Gasteiger partial charge in [0.2, 0.25) is 5.91 Å². The molecule has 2 aromatic carbocycles. The van der Waals surface area contributed by atoms with Gasteiger partial charge in [0.05, 0.1) is 6.54 Å². The Kier molecular flexibility index (Phi) is 6.29. The third kappa shape index (κ3) is 4.72. The molecule has 0 bridgehead atoms. The summed E-state index contributed by atoms with van der Waals surface area (Å²) in [6, 6.07) is 14.5. The Balaban J connectivity index is 1.46. The maximum absolute atomic E-state index is 14.1. The second-order valence-corrected chi connectivity index (χ2v) is 10.1. The van der Waals surface area contributed by atoms with Crippen LogP contribution >= 0.6 is 0 Å². The Morgan fingerprint density at radius 3 is 2.11 bits per heavy atom. The topological polar surface area (TPSA) is 95.9 Å². The molecule has 2 amide bonds. The highest BCUT2D eigenvalue weighted by Crippen LogP contribution is 2.44. The predicted octanol–water partition coefficient (Wildman–Crippen LogP) is 4.12. The number of carbonyl (C=O) groups excluding carboxylic acids is 2. The SMILES string of the molecule is CC(C)(C)[C@H](NC(=O)OCC1c2ccccc2-c2ccccc21)C(=O)N1CC(C(=O)O)C(F)(F)C1. The zero-order chi connectivity index (χ0) is 25.5. The Bertz CT molecular complexity index is 1110. The summed E-state index contributed by atoms with van der Waals surface area (Å²) in [4.78, 5) is 37.9. The molecule has 9 heteroatoms. The van der Waals surface area contributed by atoms with E-state index in [1.54, 1.807) is 20.8 Å². The number of benzene rings is 2. The number of halogens is 2. The molecule has 2 atom stereocenters. The number of hydrogen-bond donors (Lipinski definition) is 2. The maximum Gasteiger partial charge on any atom is 0.407 e. The van der Waals surface area contributed by atoms with E-state index in [0.717, 1.165) is 27.2 Å². The molecular weight excluding hydrogens is 458 g/mol. The number of amides is 2. The van der Waals surface area contributed by atoms with E-state index in [4.69, 9.17) is 9.84 Å². The summed E-state index contributed by atoms with van der Waals surface area (Å²) in [5, 5.41) is 11.6. The molecule has 35 heavy (non-hydrogen) atoms. The number of ether oxygens (including phenoxy) is 1. The lowest BCUT2D eigenvalue weighted by molar-refractivity contribution is -0.151. The van der Waals surface area contributed by atoms with Crippen molar-refractivity contribution in [2.45, 2.75) is 38.7 Å². The number of nitrogens with zero attached hydrogens (tertiary/aromatic N) is 1. The van der Waals surface area contributed by atoms with Crippen molar-refractivity contribution in [3.8, 4) is 11.1 Å². The summed E-state index contributed by atoms with van der Waals surface area (Å²) in [6.45, 7) is 3.45. The summed E-state index contributed by atoms with van der Waals surface area (Å²) >= 11 is 0. The molecule has 0 aromatic heterocycles. The van der Waals surface area contributed by atoms with Gasteiger partial charge >= 0.3 is 12.1 Å². The van der Waals surface area contributed by atoms with Gasteiger partial charge < -0.3 is 20.1 Å². The standard InChI is InChI=1S/C26H28F2N2O5/c1-25(2,3)21(22(31)30-12-20(23(32)33)26(27,28)14-30)29-24(34)35-13-19-17-10-6-4-8-15(17)16-9-5-7-11-18(16)19/h4-11,19-21H,12-14H2,1-3H3,(H,29,34)(H,32,33)/t20?,21-/m1/s1. The lowest BCUT2D eigenvalue weighted by atomic mass is 9.86.